The normalized spacial score (nSPS) is 11.9. The first-order valence-corrected chi connectivity index (χ1v) is 34.6. The number of hydrogen-bond acceptors (Lipinski definition) is 4. The van der Waals surface area contributed by atoms with E-state index in [2.05, 4.69) is 329 Å². The zero-order valence-electron chi connectivity index (χ0n) is 54.5. The van der Waals surface area contributed by atoms with Gasteiger partial charge in [0.05, 0.1) is 55.5 Å². The molecule has 5 heterocycles. The van der Waals surface area contributed by atoms with Crippen molar-refractivity contribution in [1.29, 1.82) is 0 Å². The maximum atomic E-state index is 6.55. The van der Waals surface area contributed by atoms with E-state index in [0.717, 1.165) is 83.9 Å². The highest BCUT2D eigenvalue weighted by molar-refractivity contribution is 6.32. The first-order chi connectivity index (χ1) is 50.0. The summed E-state index contributed by atoms with van der Waals surface area (Å²) in [5.41, 5.74) is 19.2. The van der Waals surface area contributed by atoms with Gasteiger partial charge >= 0.3 is 0 Å². The van der Waals surface area contributed by atoms with E-state index in [4.69, 9.17) is 31.5 Å². The van der Waals surface area contributed by atoms with Gasteiger partial charge in [-0.15, -0.1) is 0 Å². The maximum Gasteiger partial charge on any atom is 0.235 e. The van der Waals surface area contributed by atoms with Gasteiger partial charge in [0.15, 0.2) is 0 Å². The van der Waals surface area contributed by atoms with Crippen LogP contribution in [0.5, 0.6) is 0 Å². The van der Waals surface area contributed by atoms with Gasteiger partial charge in [-0.3, -0.25) is 9.13 Å². The zero-order valence-corrected chi connectivity index (χ0v) is 55.3. The third kappa shape index (κ3) is 9.88. The lowest BCUT2D eigenvalue weighted by atomic mass is 10.0. The van der Waals surface area contributed by atoms with E-state index in [1.165, 1.54) is 103 Å². The summed E-state index contributed by atoms with van der Waals surface area (Å²) in [6.07, 6.45) is 1.10. The van der Waals surface area contributed by atoms with Gasteiger partial charge in [-0.05, 0) is 145 Å². The predicted molar refractivity (Wildman–Crippen MR) is 429 cm³/mol. The van der Waals surface area contributed by atoms with Crippen LogP contribution in [0.2, 0.25) is 5.02 Å². The van der Waals surface area contributed by atoms with Gasteiger partial charge in [-0.1, -0.05) is 286 Å². The minimum atomic E-state index is 0. The molecule has 0 saturated carbocycles. The highest BCUT2D eigenvalue weighted by Crippen LogP contribution is 2.43. The lowest BCUT2D eigenvalue weighted by Gasteiger charge is -2.13. The molecule has 0 aliphatic heterocycles. The van der Waals surface area contributed by atoms with E-state index in [0.29, 0.717) is 16.9 Å². The standard InChI is InChI=1S/C46H28N4.C34H20ClN3.C13H10.CH4/c1-2-13-31-27-32(22-21-29(31)11-1)45-37-17-5-8-18-39(37)47-46(48-45)50-42-26-23-30-12-3-4-14-34(30)44(42)38-25-24-33(28-43(38)50)49-40-19-9-6-15-35(40)36-16-7-10-20-41(36)49;35-25-16-17-28-31(20-25)38(30-18-15-22-8-3-4-10-26(22)32(28)30)34-36-29-12-6-5-11-27(29)33(37-34)24-14-13-21-7-1-2-9-23(21)19-24;1-3-7-12-10(5-1)9-11-6-2-4-8-13(11)12;/h1-28H;1-20H;1-8H,9H2;1H4. The summed E-state index contributed by atoms with van der Waals surface area (Å²) in [6.45, 7) is 0. The van der Waals surface area contributed by atoms with Gasteiger partial charge in [0.2, 0.25) is 11.9 Å². The smallest absolute Gasteiger partial charge is 0.235 e. The molecule has 8 heteroatoms. The number of rotatable bonds is 5. The topological polar surface area (TPSA) is 66.3 Å². The Kier molecular flexibility index (Phi) is 14.4. The Bertz CT molecular complexity index is 6880. The fourth-order valence-corrected chi connectivity index (χ4v) is 16.0. The van der Waals surface area contributed by atoms with Crippen LogP contribution in [0.3, 0.4) is 0 Å². The number of hydrogen-bond donors (Lipinski definition) is 0. The summed E-state index contributed by atoms with van der Waals surface area (Å²) in [4.78, 5) is 21.0. The Labute approximate surface area is 592 Å². The summed E-state index contributed by atoms with van der Waals surface area (Å²) in [5.74, 6) is 1.28. The monoisotopic (exact) mass is 1320 g/mol. The number of para-hydroxylation sites is 4. The van der Waals surface area contributed by atoms with Crippen molar-refractivity contribution in [3.8, 4) is 51.2 Å². The van der Waals surface area contributed by atoms with Gasteiger partial charge in [-0.2, -0.15) is 0 Å². The molecule has 0 amide bonds. The molecule has 7 nitrogen and oxygen atoms in total. The van der Waals surface area contributed by atoms with Crippen molar-refractivity contribution >= 4 is 142 Å². The molecule has 102 heavy (non-hydrogen) atoms. The molecule has 1 aliphatic carbocycles. The van der Waals surface area contributed by atoms with Gasteiger partial charge in [0.1, 0.15) is 0 Å². The second-order valence-corrected chi connectivity index (χ2v) is 26.6. The number of nitrogens with zero attached hydrogens (tertiary/aromatic N) is 7. The first-order valence-electron chi connectivity index (χ1n) is 34.2. The summed E-state index contributed by atoms with van der Waals surface area (Å²) in [6, 6.07) is 120. The van der Waals surface area contributed by atoms with Crippen molar-refractivity contribution in [2.24, 2.45) is 0 Å². The van der Waals surface area contributed by atoms with Crippen LogP contribution in [-0.2, 0) is 6.42 Å². The highest BCUT2D eigenvalue weighted by Gasteiger charge is 2.24. The molecule has 21 aromatic rings. The molecule has 0 saturated heterocycles. The number of benzene rings is 16. The Morgan fingerprint density at radius 1 is 0.255 bits per heavy atom. The summed E-state index contributed by atoms with van der Waals surface area (Å²) < 4.78 is 6.80. The lowest BCUT2D eigenvalue weighted by Crippen LogP contribution is -2.04. The van der Waals surface area contributed by atoms with Gasteiger partial charge in [0, 0.05) is 64.9 Å². The molecular formula is C94H62ClN7. The molecule has 5 aromatic heterocycles. The van der Waals surface area contributed by atoms with Crippen LogP contribution in [0.4, 0.5) is 0 Å². The second-order valence-electron chi connectivity index (χ2n) is 26.2. The molecule has 0 bridgehead atoms. The maximum absolute atomic E-state index is 6.55. The van der Waals surface area contributed by atoms with Crippen molar-refractivity contribution in [1.82, 2.24) is 33.6 Å². The molecule has 1 aliphatic rings. The van der Waals surface area contributed by atoms with Gasteiger partial charge in [0.25, 0.3) is 0 Å². The van der Waals surface area contributed by atoms with Crippen LogP contribution < -0.4 is 0 Å². The van der Waals surface area contributed by atoms with Crippen LogP contribution in [0.25, 0.3) is 182 Å². The molecule has 0 N–H and O–H groups in total. The first kappa shape index (κ1) is 60.1. The zero-order chi connectivity index (χ0) is 66.7. The fourth-order valence-electron chi connectivity index (χ4n) is 15.8. The van der Waals surface area contributed by atoms with Crippen LogP contribution >= 0.6 is 11.6 Å². The minimum Gasteiger partial charge on any atom is -0.309 e. The van der Waals surface area contributed by atoms with Crippen molar-refractivity contribution in [3.63, 3.8) is 0 Å². The molecule has 0 unspecified atom stereocenters. The fraction of sp³-hybridized carbons (Fsp3) is 0.0213. The predicted octanol–water partition coefficient (Wildman–Crippen LogP) is 25.0. The van der Waals surface area contributed by atoms with Crippen LogP contribution in [0.1, 0.15) is 18.6 Å². The average Bonchev–Trinajstić information content (AvgIpc) is 1.45. The average molecular weight is 1330 g/mol. The third-order valence-corrected chi connectivity index (χ3v) is 20.7. The summed E-state index contributed by atoms with van der Waals surface area (Å²) in [7, 11) is 0. The summed E-state index contributed by atoms with van der Waals surface area (Å²) >= 11 is 6.55. The van der Waals surface area contributed by atoms with Crippen LogP contribution in [0.15, 0.2) is 340 Å². The lowest BCUT2D eigenvalue weighted by molar-refractivity contribution is 1.01. The summed E-state index contributed by atoms with van der Waals surface area (Å²) in [5, 5.41) is 19.5. The number of aromatic nitrogens is 7. The SMILES string of the molecule is C.Clc1ccc2c3c4ccccc4ccc3n(-c3nc(-c4ccc5ccccc5c4)c4ccccc4n3)c2c1.c1ccc2c(c1)Cc1ccccc1-2.c1ccc2cc(-c3nc(-n4c5cc(-n6c7ccccc7c7ccccc76)ccc5c5c6ccccc6ccc54)nc4ccccc34)ccc2c1. The van der Waals surface area contributed by atoms with E-state index in [1.807, 2.05) is 24.3 Å². The van der Waals surface area contributed by atoms with Crippen molar-refractivity contribution in [2.45, 2.75) is 13.8 Å². The Morgan fingerprint density at radius 3 is 1.16 bits per heavy atom. The quantitative estimate of drug-likeness (QED) is 0.172. The van der Waals surface area contributed by atoms with Gasteiger partial charge < -0.3 is 4.57 Å². The van der Waals surface area contributed by atoms with E-state index in [-0.39, 0.29) is 7.43 Å². The third-order valence-electron chi connectivity index (χ3n) is 20.4. The molecule has 480 valence electrons. The van der Waals surface area contributed by atoms with E-state index in [1.54, 1.807) is 0 Å². The molecule has 0 radical (unpaired) electrons. The minimum absolute atomic E-state index is 0. The van der Waals surface area contributed by atoms with Crippen LogP contribution in [0, 0.1) is 0 Å². The second kappa shape index (κ2) is 24.4. The Morgan fingerprint density at radius 2 is 0.647 bits per heavy atom. The molecule has 0 spiro atoms. The van der Waals surface area contributed by atoms with Crippen molar-refractivity contribution in [3.05, 3.63) is 356 Å². The van der Waals surface area contributed by atoms with E-state index in [9.17, 15) is 0 Å². The number of fused-ring (bicyclic) bond motifs is 20. The highest BCUT2D eigenvalue weighted by atomic mass is 35.5. The van der Waals surface area contributed by atoms with Gasteiger partial charge in [-0.25, -0.2) is 19.9 Å². The molecule has 22 rings (SSSR count). The molecular weight excluding hydrogens is 1260 g/mol. The molecule has 16 aromatic carbocycles. The van der Waals surface area contributed by atoms with E-state index >= 15 is 0 Å². The number of halogens is 1. The molecule has 0 fully saturated rings. The Balaban J connectivity index is 0.000000122. The van der Waals surface area contributed by atoms with Crippen molar-refractivity contribution < 1.29 is 0 Å². The largest absolute Gasteiger partial charge is 0.309 e. The van der Waals surface area contributed by atoms with Crippen molar-refractivity contribution in [2.75, 3.05) is 0 Å². The Hall–Kier alpha value is -13.1. The molecule has 0 atom stereocenters. The van der Waals surface area contributed by atoms with Crippen LogP contribution in [-0.4, -0.2) is 33.6 Å². The van der Waals surface area contributed by atoms with E-state index < -0.39 is 0 Å².